The van der Waals surface area contributed by atoms with E-state index >= 15 is 0 Å². The fraction of sp³-hybridized carbons (Fsp3) is 0.667. The molecule has 1 N–H and O–H groups in total. The summed E-state index contributed by atoms with van der Waals surface area (Å²) in [5.74, 6) is -0.512. The highest BCUT2D eigenvalue weighted by atomic mass is 32.1. The zero-order valence-electron chi connectivity index (χ0n) is 19.3. The number of hydrogen-bond donors (Lipinski definition) is 1. The van der Waals surface area contributed by atoms with Crippen LogP contribution in [-0.2, 0) is 20.9 Å². The third-order valence-corrected chi connectivity index (χ3v) is 7.57. The predicted molar refractivity (Wildman–Crippen MR) is 125 cm³/mol. The molecule has 0 bridgehead atoms. The van der Waals surface area contributed by atoms with E-state index in [-0.39, 0.29) is 35.5 Å². The van der Waals surface area contributed by atoms with E-state index < -0.39 is 6.04 Å². The van der Waals surface area contributed by atoms with E-state index in [9.17, 15) is 14.4 Å². The number of allylic oxidation sites excluding steroid dienone is 2. The number of nitrogens with zero attached hydrogens (tertiary/aromatic N) is 3. The minimum Gasteiger partial charge on any atom is -0.300 e. The molecule has 4 atom stereocenters. The molecule has 8 heteroatoms. The Morgan fingerprint density at radius 3 is 2.53 bits per heavy atom. The number of carbonyl (C=O) groups is 3. The normalized spacial score (nSPS) is 27.1. The van der Waals surface area contributed by atoms with Gasteiger partial charge in [-0.3, -0.25) is 24.2 Å². The Labute approximate surface area is 194 Å². The van der Waals surface area contributed by atoms with Gasteiger partial charge >= 0.3 is 0 Å². The van der Waals surface area contributed by atoms with Crippen molar-refractivity contribution in [2.45, 2.75) is 65.5 Å². The van der Waals surface area contributed by atoms with Crippen LogP contribution in [0.1, 0.15) is 58.6 Å². The van der Waals surface area contributed by atoms with Crippen molar-refractivity contribution in [3.63, 3.8) is 0 Å². The van der Waals surface area contributed by atoms with Crippen LogP contribution in [0.2, 0.25) is 0 Å². The molecule has 32 heavy (non-hydrogen) atoms. The standard InChI is InChI=1S/C24H34N4O3S/c1-15(2)11-20(28-22(30)18-8-4-5-9-19(18)23(28)31)21(29)26-24-25-17(14-32-24)13-27-10-6-7-16(3)12-27/h4-5,14-16,18-20H,6-13H2,1-3H3,(H,25,26,29). The van der Waals surface area contributed by atoms with Gasteiger partial charge in [-0.15, -0.1) is 11.3 Å². The molecule has 0 aromatic carbocycles. The molecule has 1 aromatic heterocycles. The average Bonchev–Trinajstić information content (AvgIpc) is 3.28. The highest BCUT2D eigenvalue weighted by Crippen LogP contribution is 2.37. The maximum Gasteiger partial charge on any atom is 0.249 e. The van der Waals surface area contributed by atoms with Crippen molar-refractivity contribution in [1.29, 1.82) is 0 Å². The summed E-state index contributed by atoms with van der Waals surface area (Å²) in [7, 11) is 0. The first-order chi connectivity index (χ1) is 15.3. The Kier molecular flexibility index (Phi) is 7.10. The molecule has 174 valence electrons. The van der Waals surface area contributed by atoms with Crippen molar-refractivity contribution in [3.05, 3.63) is 23.2 Å². The summed E-state index contributed by atoms with van der Waals surface area (Å²) >= 11 is 1.40. The van der Waals surface area contributed by atoms with E-state index in [0.29, 0.717) is 30.3 Å². The van der Waals surface area contributed by atoms with Crippen molar-refractivity contribution in [3.8, 4) is 0 Å². The van der Waals surface area contributed by atoms with Gasteiger partial charge in [-0.2, -0.15) is 0 Å². The molecule has 3 amide bonds. The lowest BCUT2D eigenvalue weighted by molar-refractivity contribution is -0.147. The Hall–Kier alpha value is -2.06. The van der Waals surface area contributed by atoms with E-state index in [4.69, 9.17) is 0 Å². The Morgan fingerprint density at radius 2 is 1.91 bits per heavy atom. The average molecular weight is 459 g/mol. The van der Waals surface area contributed by atoms with Crippen LogP contribution in [-0.4, -0.2) is 51.6 Å². The van der Waals surface area contributed by atoms with Gasteiger partial charge in [-0.1, -0.05) is 32.9 Å². The SMILES string of the molecule is CC(C)CC(C(=O)Nc1nc(CN2CCCC(C)C2)cs1)N1C(=O)C2CC=CCC2C1=O. The molecule has 2 aliphatic heterocycles. The lowest BCUT2D eigenvalue weighted by atomic mass is 9.85. The number of carbonyl (C=O) groups excluding carboxylic acids is 3. The lowest BCUT2D eigenvalue weighted by Gasteiger charge is -2.30. The number of likely N-dealkylation sites (tertiary alicyclic amines) is 2. The van der Waals surface area contributed by atoms with E-state index in [0.717, 1.165) is 25.3 Å². The first-order valence-corrected chi connectivity index (χ1v) is 12.7. The number of hydrogen-bond acceptors (Lipinski definition) is 6. The maximum absolute atomic E-state index is 13.3. The molecule has 0 spiro atoms. The van der Waals surface area contributed by atoms with Gasteiger partial charge in [0, 0.05) is 18.5 Å². The fourth-order valence-electron chi connectivity index (χ4n) is 5.19. The molecular formula is C24H34N4O3S. The van der Waals surface area contributed by atoms with Crippen LogP contribution in [0.3, 0.4) is 0 Å². The second-order valence-electron chi connectivity index (χ2n) is 9.96. The van der Waals surface area contributed by atoms with Gasteiger partial charge in [0.25, 0.3) is 0 Å². The molecule has 3 heterocycles. The number of piperidine rings is 1. The molecule has 1 aromatic rings. The molecule has 3 aliphatic rings. The topological polar surface area (TPSA) is 82.6 Å². The van der Waals surface area contributed by atoms with E-state index in [2.05, 4.69) is 22.1 Å². The number of aromatic nitrogens is 1. The minimum atomic E-state index is -0.795. The smallest absolute Gasteiger partial charge is 0.249 e. The van der Waals surface area contributed by atoms with Gasteiger partial charge in [-0.05, 0) is 50.5 Å². The summed E-state index contributed by atoms with van der Waals surface area (Å²) in [6.45, 7) is 9.22. The van der Waals surface area contributed by atoms with Crippen LogP contribution in [0, 0.1) is 23.7 Å². The number of rotatable bonds is 7. The first-order valence-electron chi connectivity index (χ1n) is 11.8. The Morgan fingerprint density at radius 1 is 1.22 bits per heavy atom. The summed E-state index contributed by atoms with van der Waals surface area (Å²) in [5.41, 5.74) is 0.949. The van der Waals surface area contributed by atoms with E-state index in [1.165, 1.54) is 29.1 Å². The molecule has 2 fully saturated rings. The lowest BCUT2D eigenvalue weighted by Crippen LogP contribution is -2.48. The van der Waals surface area contributed by atoms with Crippen LogP contribution < -0.4 is 5.32 Å². The molecule has 7 nitrogen and oxygen atoms in total. The van der Waals surface area contributed by atoms with Crippen LogP contribution in [0.25, 0.3) is 0 Å². The summed E-state index contributed by atoms with van der Waals surface area (Å²) in [5, 5.41) is 5.42. The highest BCUT2D eigenvalue weighted by molar-refractivity contribution is 7.13. The van der Waals surface area contributed by atoms with Gasteiger partial charge in [0.05, 0.1) is 17.5 Å². The Balaban J connectivity index is 1.44. The van der Waals surface area contributed by atoms with Crippen molar-refractivity contribution in [2.75, 3.05) is 18.4 Å². The van der Waals surface area contributed by atoms with Crippen molar-refractivity contribution in [2.24, 2.45) is 23.7 Å². The number of nitrogens with one attached hydrogen (secondary N) is 1. The maximum atomic E-state index is 13.3. The molecule has 4 rings (SSSR count). The number of anilines is 1. The summed E-state index contributed by atoms with van der Waals surface area (Å²) in [4.78, 5) is 47.6. The highest BCUT2D eigenvalue weighted by Gasteiger charge is 2.51. The van der Waals surface area contributed by atoms with Gasteiger partial charge in [0.2, 0.25) is 17.7 Å². The van der Waals surface area contributed by atoms with Crippen LogP contribution >= 0.6 is 11.3 Å². The quantitative estimate of drug-likeness (QED) is 0.498. The second kappa shape index (κ2) is 9.83. The van der Waals surface area contributed by atoms with Crippen molar-refractivity contribution < 1.29 is 14.4 Å². The molecule has 4 unspecified atom stereocenters. The van der Waals surface area contributed by atoms with Gasteiger partial charge < -0.3 is 5.32 Å². The summed E-state index contributed by atoms with van der Waals surface area (Å²) < 4.78 is 0. The number of amides is 3. The Bertz CT molecular complexity index is 870. The largest absolute Gasteiger partial charge is 0.300 e. The second-order valence-corrected chi connectivity index (χ2v) is 10.8. The zero-order valence-corrected chi connectivity index (χ0v) is 20.1. The summed E-state index contributed by atoms with van der Waals surface area (Å²) in [6.07, 6.45) is 8.01. The minimum absolute atomic E-state index is 0.167. The molecular weight excluding hydrogens is 424 g/mol. The van der Waals surface area contributed by atoms with E-state index in [1.54, 1.807) is 0 Å². The molecule has 0 saturated carbocycles. The fourth-order valence-corrected chi connectivity index (χ4v) is 5.90. The monoisotopic (exact) mass is 458 g/mol. The third-order valence-electron chi connectivity index (χ3n) is 6.76. The van der Waals surface area contributed by atoms with Gasteiger partial charge in [0.15, 0.2) is 5.13 Å². The predicted octanol–water partition coefficient (Wildman–Crippen LogP) is 3.68. The van der Waals surface area contributed by atoms with Crippen molar-refractivity contribution in [1.82, 2.24) is 14.8 Å². The third kappa shape index (κ3) is 4.96. The van der Waals surface area contributed by atoms with Crippen LogP contribution in [0.4, 0.5) is 5.13 Å². The van der Waals surface area contributed by atoms with Gasteiger partial charge in [0.1, 0.15) is 6.04 Å². The van der Waals surface area contributed by atoms with Crippen LogP contribution in [0.5, 0.6) is 0 Å². The molecule has 2 saturated heterocycles. The zero-order chi connectivity index (χ0) is 22.8. The van der Waals surface area contributed by atoms with Crippen LogP contribution in [0.15, 0.2) is 17.5 Å². The van der Waals surface area contributed by atoms with E-state index in [1.807, 2.05) is 31.4 Å². The summed E-state index contributed by atoms with van der Waals surface area (Å²) in [6, 6.07) is -0.795. The molecule has 0 radical (unpaired) electrons. The van der Waals surface area contributed by atoms with Crippen molar-refractivity contribution >= 4 is 34.2 Å². The molecule has 1 aliphatic carbocycles. The number of thiazole rings is 1. The van der Waals surface area contributed by atoms with Gasteiger partial charge in [-0.25, -0.2) is 4.98 Å². The number of fused-ring (bicyclic) bond motifs is 1. The first kappa shape index (κ1) is 23.1. The number of imide groups is 1.